The van der Waals surface area contributed by atoms with Gasteiger partial charge in [0.15, 0.2) is 0 Å². The van der Waals surface area contributed by atoms with E-state index in [1.54, 1.807) is 13.2 Å². The van der Waals surface area contributed by atoms with Crippen LogP contribution in [0.3, 0.4) is 0 Å². The largest absolute Gasteiger partial charge is 0.497 e. The number of carbonyl (C=O) groups is 2. The van der Waals surface area contributed by atoms with Crippen LogP contribution in [0.4, 0.5) is 0 Å². The Morgan fingerprint density at radius 2 is 1.71 bits per heavy atom. The highest BCUT2D eigenvalue weighted by Gasteiger charge is 2.70. The average molecular weight is 715 g/mol. The van der Waals surface area contributed by atoms with E-state index in [0.717, 1.165) is 78.9 Å². The topological polar surface area (TPSA) is 110 Å². The van der Waals surface area contributed by atoms with Gasteiger partial charge in [-0.25, -0.2) is 13.1 Å². The predicted molar refractivity (Wildman–Crippen MR) is 195 cm³/mol. The van der Waals surface area contributed by atoms with Crippen molar-refractivity contribution in [1.82, 2.24) is 19.1 Å². The molecule has 2 aliphatic carbocycles. The number of hydrogen-bond acceptors (Lipinski definition) is 7. The van der Waals surface area contributed by atoms with E-state index in [2.05, 4.69) is 38.3 Å². The molecule has 0 radical (unpaired) electrons. The normalized spacial score (nSPS) is 30.1. The van der Waals surface area contributed by atoms with E-state index < -0.39 is 21.3 Å². The molecule has 2 aromatic carbocycles. The van der Waals surface area contributed by atoms with Crippen LogP contribution in [-0.4, -0.2) is 93.9 Å². The Bertz CT molecular complexity index is 2050. The lowest BCUT2D eigenvalue weighted by atomic mass is 9.71. The Balaban J connectivity index is 1.19. The smallest absolute Gasteiger partial charge is 0.264 e. The van der Waals surface area contributed by atoms with E-state index in [-0.39, 0.29) is 34.3 Å². The van der Waals surface area contributed by atoms with Crippen molar-refractivity contribution >= 4 is 32.7 Å². The van der Waals surface area contributed by atoms with Gasteiger partial charge < -0.3 is 23.8 Å². The number of nitrogens with zero attached hydrogens (tertiary/aromatic N) is 3. The molecule has 272 valence electrons. The molecule has 11 heteroatoms. The number of ether oxygens (including phenoxy) is 2. The van der Waals surface area contributed by atoms with Gasteiger partial charge in [-0.05, 0) is 79.6 Å². The van der Waals surface area contributed by atoms with Crippen LogP contribution < -0.4 is 9.46 Å². The molecule has 3 saturated heterocycles. The van der Waals surface area contributed by atoms with Crippen molar-refractivity contribution in [2.24, 2.45) is 22.2 Å². The van der Waals surface area contributed by atoms with E-state index >= 15 is 4.79 Å². The second kappa shape index (κ2) is 11.5. The number of likely N-dealkylation sites (tertiary alicyclic amines) is 2. The maximum absolute atomic E-state index is 15.2. The third-order valence-corrected chi connectivity index (χ3v) is 14.9. The molecule has 2 amide bonds. The fourth-order valence-corrected chi connectivity index (χ4v) is 12.5. The maximum atomic E-state index is 15.2. The number of rotatable bonds is 7. The highest BCUT2D eigenvalue weighted by atomic mass is 32.2. The molecule has 10 nitrogen and oxygen atoms in total. The van der Waals surface area contributed by atoms with Crippen molar-refractivity contribution in [2.75, 3.05) is 59.3 Å². The van der Waals surface area contributed by atoms with Gasteiger partial charge in [-0.2, -0.15) is 0 Å². The highest BCUT2D eigenvalue weighted by molar-refractivity contribution is 7.90. The van der Waals surface area contributed by atoms with Gasteiger partial charge >= 0.3 is 0 Å². The van der Waals surface area contributed by atoms with E-state index in [0.29, 0.717) is 31.2 Å². The molecule has 2 saturated carbocycles. The van der Waals surface area contributed by atoms with Crippen LogP contribution in [0.1, 0.15) is 85.7 Å². The molecule has 51 heavy (non-hydrogen) atoms. The number of nitrogens with one attached hydrogen (secondary N) is 1. The van der Waals surface area contributed by atoms with Crippen LogP contribution in [0, 0.1) is 22.2 Å². The zero-order chi connectivity index (χ0) is 35.5. The molecular formula is C40H50N4O6S. The van der Waals surface area contributed by atoms with E-state index in [9.17, 15) is 13.2 Å². The fourth-order valence-electron chi connectivity index (χ4n) is 11.1. The van der Waals surface area contributed by atoms with Gasteiger partial charge in [0.25, 0.3) is 5.91 Å². The van der Waals surface area contributed by atoms with Crippen LogP contribution in [0.2, 0.25) is 0 Å². The number of sulfonamides is 1. The summed E-state index contributed by atoms with van der Waals surface area (Å²) in [7, 11) is 0.0842. The van der Waals surface area contributed by atoms with Gasteiger partial charge in [0.2, 0.25) is 15.9 Å². The van der Waals surface area contributed by atoms with Crippen molar-refractivity contribution in [2.45, 2.75) is 70.8 Å². The minimum Gasteiger partial charge on any atom is -0.497 e. The second-order valence-electron chi connectivity index (χ2n) is 17.3. The van der Waals surface area contributed by atoms with E-state index in [1.807, 2.05) is 32.0 Å². The summed E-state index contributed by atoms with van der Waals surface area (Å²) in [5, 5.41) is 1.09. The van der Waals surface area contributed by atoms with Crippen molar-refractivity contribution in [3.05, 3.63) is 53.1 Å². The number of carbonyl (C=O) groups excluding carboxylic acids is 2. The third-order valence-electron chi connectivity index (χ3n) is 13.3. The number of hydrogen-bond donors (Lipinski definition) is 1. The second-order valence-corrected chi connectivity index (χ2v) is 19.0. The molecule has 3 aromatic rings. The van der Waals surface area contributed by atoms with Crippen LogP contribution in [0.15, 0.2) is 36.4 Å². The minimum atomic E-state index is -3.79. The van der Waals surface area contributed by atoms with E-state index in [1.165, 1.54) is 24.8 Å². The minimum absolute atomic E-state index is 0.0259. The molecule has 4 unspecified atom stereocenters. The van der Waals surface area contributed by atoms with Gasteiger partial charge in [-0.15, -0.1) is 0 Å². The molecule has 4 aliphatic heterocycles. The molecule has 1 N–H and O–H groups in total. The Hall–Kier alpha value is -3.41. The molecule has 0 bridgehead atoms. The standard InChI is InChI=1S/C40H50N4O6S/c1-25(2)17-51(47,48)41-36(45)27-10-12-30-33(14-27)44-22-40(37(46)43-20-38-18-42(3)19-39(38,21-43)24-50-23-38)16-32(40)31-15-28(49-4)11-13-29(31)35(44)34(30)26-8-6-5-7-9-26/h10-15,25-26,32H,5-9,16-24H2,1-4H3,(H,41,45). The molecular weight excluding hydrogens is 665 g/mol. The maximum Gasteiger partial charge on any atom is 0.264 e. The van der Waals surface area contributed by atoms with Gasteiger partial charge in [0.05, 0.1) is 37.2 Å². The first-order valence-electron chi connectivity index (χ1n) is 18.8. The molecule has 9 rings (SSSR count). The predicted octanol–water partition coefficient (Wildman–Crippen LogP) is 5.36. The van der Waals surface area contributed by atoms with Crippen molar-refractivity contribution in [3.63, 3.8) is 0 Å². The van der Waals surface area contributed by atoms with Gasteiger partial charge in [0.1, 0.15) is 5.75 Å². The monoisotopic (exact) mass is 714 g/mol. The SMILES string of the molecule is COc1ccc2c(c1)C1CC1(C(=O)N1CC34COCC3(CN(C)C4)C1)Cn1c-2c(C2CCCCC2)c2ccc(C(=O)NS(=O)(=O)CC(C)C)cc21. The number of amides is 2. The van der Waals surface area contributed by atoms with Crippen molar-refractivity contribution < 1.29 is 27.5 Å². The lowest BCUT2D eigenvalue weighted by Crippen LogP contribution is -2.43. The molecule has 5 fully saturated rings. The van der Waals surface area contributed by atoms with Crippen LogP contribution in [0.25, 0.3) is 22.2 Å². The number of fused-ring (bicyclic) bond motifs is 7. The van der Waals surface area contributed by atoms with Gasteiger partial charge in [0, 0.05) is 71.5 Å². The first kappa shape index (κ1) is 33.4. The Morgan fingerprint density at radius 3 is 2.39 bits per heavy atom. The molecule has 4 atom stereocenters. The molecule has 1 aromatic heterocycles. The lowest BCUT2D eigenvalue weighted by molar-refractivity contribution is -0.138. The van der Waals surface area contributed by atoms with Gasteiger partial charge in [-0.1, -0.05) is 39.2 Å². The van der Waals surface area contributed by atoms with Crippen molar-refractivity contribution in [1.29, 1.82) is 0 Å². The molecule has 0 spiro atoms. The fraction of sp³-hybridized carbons (Fsp3) is 0.600. The van der Waals surface area contributed by atoms with Crippen LogP contribution >= 0.6 is 0 Å². The third kappa shape index (κ3) is 5.04. The Kier molecular flexibility index (Phi) is 7.57. The zero-order valence-electron chi connectivity index (χ0n) is 30.3. The summed E-state index contributed by atoms with van der Waals surface area (Å²) < 4.78 is 42.2. The summed E-state index contributed by atoms with van der Waals surface area (Å²) in [5.74, 6) is 0.553. The summed E-state index contributed by atoms with van der Waals surface area (Å²) in [4.78, 5) is 33.3. The summed E-state index contributed by atoms with van der Waals surface area (Å²) in [6.45, 7) is 8.88. The summed E-state index contributed by atoms with van der Waals surface area (Å²) in [6.07, 6.45) is 6.51. The summed E-state index contributed by atoms with van der Waals surface area (Å²) in [6, 6.07) is 12.0. The number of aromatic nitrogens is 1. The highest BCUT2D eigenvalue weighted by Crippen LogP contribution is 2.67. The number of benzene rings is 2. The first-order valence-corrected chi connectivity index (χ1v) is 20.5. The van der Waals surface area contributed by atoms with Crippen molar-refractivity contribution in [3.8, 4) is 17.0 Å². The van der Waals surface area contributed by atoms with E-state index in [4.69, 9.17) is 9.47 Å². The van der Waals surface area contributed by atoms with Gasteiger partial charge in [-0.3, -0.25) is 9.59 Å². The zero-order valence-corrected chi connectivity index (χ0v) is 31.1. The quantitative estimate of drug-likeness (QED) is 0.351. The first-order chi connectivity index (χ1) is 24.4. The average Bonchev–Trinajstić information content (AvgIpc) is 3.32. The Labute approximate surface area is 300 Å². The number of methoxy groups -OCH3 is 1. The summed E-state index contributed by atoms with van der Waals surface area (Å²) in [5.41, 5.74) is 5.25. The molecule has 6 aliphatic rings. The van der Waals surface area contributed by atoms with Crippen LogP contribution in [0.5, 0.6) is 5.75 Å². The lowest BCUT2D eigenvalue weighted by Gasteiger charge is -2.29. The Morgan fingerprint density at radius 1 is 0.980 bits per heavy atom. The molecule has 5 heterocycles. The summed E-state index contributed by atoms with van der Waals surface area (Å²) >= 11 is 0. The van der Waals surface area contributed by atoms with Crippen LogP contribution in [-0.2, 0) is 26.1 Å².